The fourth-order valence-electron chi connectivity index (χ4n) is 2.59. The van der Waals surface area contributed by atoms with Gasteiger partial charge in [-0.25, -0.2) is 0 Å². The van der Waals surface area contributed by atoms with Gasteiger partial charge in [-0.1, -0.05) is 17.8 Å². The first-order chi connectivity index (χ1) is 14.1. The molecule has 4 aromatic rings. The summed E-state index contributed by atoms with van der Waals surface area (Å²) in [5.41, 5.74) is 1.99. The van der Waals surface area contributed by atoms with Crippen LogP contribution in [0.3, 0.4) is 0 Å². The van der Waals surface area contributed by atoms with Crippen LogP contribution in [-0.2, 0) is 9.59 Å². The third-order valence-corrected chi connectivity index (χ3v) is 5.61. The Bertz CT molecular complexity index is 1160. The van der Waals surface area contributed by atoms with Gasteiger partial charge in [0.2, 0.25) is 11.8 Å². The highest BCUT2D eigenvalue weighted by atomic mass is 32.2. The number of nitrogens with zero attached hydrogens (tertiary/aromatic N) is 4. The van der Waals surface area contributed by atoms with Crippen LogP contribution < -0.4 is 10.6 Å². The summed E-state index contributed by atoms with van der Waals surface area (Å²) in [7, 11) is 0. The largest absolute Gasteiger partial charge is 0.326 e. The molecule has 10 heteroatoms. The quantitative estimate of drug-likeness (QED) is 0.459. The molecule has 0 saturated carbocycles. The number of rotatable bonds is 6. The van der Waals surface area contributed by atoms with E-state index in [1.807, 2.05) is 29.6 Å². The molecule has 2 N–H and O–H groups in total. The lowest BCUT2D eigenvalue weighted by Gasteiger charge is -2.07. The van der Waals surface area contributed by atoms with E-state index in [0.717, 1.165) is 4.88 Å². The molecule has 3 aromatic heterocycles. The molecule has 0 bridgehead atoms. The third-order valence-electron chi connectivity index (χ3n) is 3.82. The van der Waals surface area contributed by atoms with E-state index in [4.69, 9.17) is 0 Å². The maximum Gasteiger partial charge on any atom is 0.234 e. The highest BCUT2D eigenvalue weighted by Gasteiger charge is 2.12. The molecule has 0 fully saturated rings. The number of hydrogen-bond acceptors (Lipinski definition) is 7. The van der Waals surface area contributed by atoms with Crippen molar-refractivity contribution in [1.82, 2.24) is 19.8 Å². The SMILES string of the molecule is CC(=O)Nc1ccc(NC(=O)CSc2ccc3nnc(-c4cccs4)n3n2)cc1. The van der Waals surface area contributed by atoms with Crippen molar-refractivity contribution in [2.24, 2.45) is 0 Å². The molecule has 3 heterocycles. The molecule has 0 aliphatic rings. The molecular weight excluding hydrogens is 408 g/mol. The molecular formula is C19H16N6O2S2. The molecule has 0 saturated heterocycles. The summed E-state index contributed by atoms with van der Waals surface area (Å²) in [5, 5.41) is 21.1. The average Bonchev–Trinajstić information content (AvgIpc) is 3.36. The number of aromatic nitrogens is 4. The summed E-state index contributed by atoms with van der Waals surface area (Å²) < 4.78 is 1.69. The minimum absolute atomic E-state index is 0.141. The number of carbonyl (C=O) groups excluding carboxylic acids is 2. The van der Waals surface area contributed by atoms with Gasteiger partial charge in [-0.05, 0) is 47.8 Å². The number of hydrogen-bond donors (Lipinski definition) is 2. The van der Waals surface area contributed by atoms with E-state index in [0.29, 0.717) is 27.9 Å². The smallest absolute Gasteiger partial charge is 0.234 e. The summed E-state index contributed by atoms with van der Waals surface area (Å²) in [5.74, 6) is 0.605. The summed E-state index contributed by atoms with van der Waals surface area (Å²) in [4.78, 5) is 24.3. The number of nitrogens with one attached hydrogen (secondary N) is 2. The van der Waals surface area contributed by atoms with E-state index in [-0.39, 0.29) is 17.6 Å². The van der Waals surface area contributed by atoms with Crippen LogP contribution in [0.15, 0.2) is 58.9 Å². The van der Waals surface area contributed by atoms with Gasteiger partial charge in [-0.2, -0.15) is 9.61 Å². The fraction of sp³-hybridized carbons (Fsp3) is 0.105. The Morgan fingerprint density at radius 3 is 2.48 bits per heavy atom. The van der Waals surface area contributed by atoms with Crippen molar-refractivity contribution in [2.75, 3.05) is 16.4 Å². The van der Waals surface area contributed by atoms with Crippen LogP contribution in [0, 0.1) is 0 Å². The molecule has 0 spiro atoms. The lowest BCUT2D eigenvalue weighted by Crippen LogP contribution is -2.14. The predicted octanol–water partition coefficient (Wildman–Crippen LogP) is 3.54. The van der Waals surface area contributed by atoms with Gasteiger partial charge >= 0.3 is 0 Å². The topological polar surface area (TPSA) is 101 Å². The van der Waals surface area contributed by atoms with E-state index >= 15 is 0 Å². The second-order valence-corrected chi connectivity index (χ2v) is 7.98. The Morgan fingerprint density at radius 2 is 1.79 bits per heavy atom. The van der Waals surface area contributed by atoms with Gasteiger partial charge in [0, 0.05) is 18.3 Å². The first kappa shape index (κ1) is 19.1. The number of amides is 2. The first-order valence-electron chi connectivity index (χ1n) is 8.65. The zero-order valence-electron chi connectivity index (χ0n) is 15.3. The molecule has 1 aromatic carbocycles. The van der Waals surface area contributed by atoms with Crippen molar-refractivity contribution in [3.05, 3.63) is 53.9 Å². The second kappa shape index (κ2) is 8.41. The van der Waals surface area contributed by atoms with Crippen LogP contribution in [0.2, 0.25) is 0 Å². The Kier molecular flexibility index (Phi) is 5.54. The van der Waals surface area contributed by atoms with Crippen molar-refractivity contribution < 1.29 is 9.59 Å². The third kappa shape index (κ3) is 4.61. The molecule has 8 nitrogen and oxygen atoms in total. The van der Waals surface area contributed by atoms with Gasteiger partial charge in [-0.15, -0.1) is 21.5 Å². The highest BCUT2D eigenvalue weighted by Crippen LogP contribution is 2.24. The molecule has 0 aliphatic heterocycles. The van der Waals surface area contributed by atoms with Crippen molar-refractivity contribution >= 4 is 51.9 Å². The average molecular weight is 425 g/mol. The lowest BCUT2D eigenvalue weighted by molar-refractivity contribution is -0.114. The van der Waals surface area contributed by atoms with E-state index in [1.165, 1.54) is 18.7 Å². The van der Waals surface area contributed by atoms with Crippen molar-refractivity contribution in [2.45, 2.75) is 11.9 Å². The molecule has 4 rings (SSSR count). The van der Waals surface area contributed by atoms with Crippen molar-refractivity contribution in [3.8, 4) is 10.7 Å². The number of benzene rings is 1. The summed E-state index contributed by atoms with van der Waals surface area (Å²) in [6, 6.07) is 14.5. The maximum atomic E-state index is 12.3. The minimum atomic E-state index is -0.147. The monoisotopic (exact) mass is 424 g/mol. The van der Waals surface area contributed by atoms with E-state index in [2.05, 4.69) is 25.9 Å². The Hall–Kier alpha value is -3.24. The van der Waals surface area contributed by atoms with Crippen molar-refractivity contribution in [1.29, 1.82) is 0 Å². The van der Waals surface area contributed by atoms with Gasteiger partial charge in [-0.3, -0.25) is 9.59 Å². The molecule has 0 unspecified atom stereocenters. The van der Waals surface area contributed by atoms with Gasteiger partial charge in [0.25, 0.3) is 0 Å². The molecule has 0 aliphatic carbocycles. The fourth-order valence-corrected chi connectivity index (χ4v) is 3.93. The number of thioether (sulfide) groups is 1. The lowest BCUT2D eigenvalue weighted by atomic mass is 10.3. The van der Waals surface area contributed by atoms with Crippen LogP contribution in [-0.4, -0.2) is 37.4 Å². The first-order valence-corrected chi connectivity index (χ1v) is 10.5. The van der Waals surface area contributed by atoms with Gasteiger partial charge in [0.15, 0.2) is 11.5 Å². The zero-order valence-corrected chi connectivity index (χ0v) is 17.0. The summed E-state index contributed by atoms with van der Waals surface area (Å²) >= 11 is 2.90. The van der Waals surface area contributed by atoms with Crippen LogP contribution in [0.5, 0.6) is 0 Å². The molecule has 2 amide bonds. The van der Waals surface area contributed by atoms with E-state index in [1.54, 1.807) is 40.1 Å². The second-order valence-electron chi connectivity index (χ2n) is 6.04. The van der Waals surface area contributed by atoms with Gasteiger partial charge in [0.1, 0.15) is 5.03 Å². The number of fused-ring (bicyclic) bond motifs is 1. The molecule has 29 heavy (non-hydrogen) atoms. The Balaban J connectivity index is 1.39. The molecule has 146 valence electrons. The minimum Gasteiger partial charge on any atom is -0.326 e. The van der Waals surface area contributed by atoms with E-state index in [9.17, 15) is 9.59 Å². The van der Waals surface area contributed by atoms with Gasteiger partial charge in [0.05, 0.1) is 10.6 Å². The molecule has 0 radical (unpaired) electrons. The van der Waals surface area contributed by atoms with Crippen LogP contribution in [0.4, 0.5) is 11.4 Å². The van der Waals surface area contributed by atoms with Crippen LogP contribution >= 0.6 is 23.1 Å². The summed E-state index contributed by atoms with van der Waals surface area (Å²) in [6.45, 7) is 1.45. The molecule has 0 atom stereocenters. The van der Waals surface area contributed by atoms with Crippen molar-refractivity contribution in [3.63, 3.8) is 0 Å². The number of thiophene rings is 1. The van der Waals surface area contributed by atoms with E-state index < -0.39 is 0 Å². The maximum absolute atomic E-state index is 12.3. The predicted molar refractivity (Wildman–Crippen MR) is 114 cm³/mol. The summed E-state index contributed by atoms with van der Waals surface area (Å²) in [6.07, 6.45) is 0. The Morgan fingerprint density at radius 1 is 1.03 bits per heavy atom. The normalized spacial score (nSPS) is 10.8. The van der Waals surface area contributed by atoms with Gasteiger partial charge < -0.3 is 10.6 Å². The van der Waals surface area contributed by atoms with Crippen LogP contribution in [0.25, 0.3) is 16.3 Å². The van der Waals surface area contributed by atoms with Crippen LogP contribution in [0.1, 0.15) is 6.92 Å². The number of anilines is 2. The highest BCUT2D eigenvalue weighted by molar-refractivity contribution is 7.99. The Labute approximate surface area is 174 Å². The zero-order chi connectivity index (χ0) is 20.2. The number of carbonyl (C=O) groups is 2. The standard InChI is InChI=1S/C19H16N6O2S2/c1-12(26)20-13-4-6-14(7-5-13)21-17(27)11-29-18-9-8-16-22-23-19(25(16)24-18)15-3-2-10-28-15/h2-10H,11H2,1H3,(H,20,26)(H,21,27).